The quantitative estimate of drug-likeness (QED) is 0.576. The molecule has 2 nitrogen and oxygen atoms in total. The molecule has 0 bridgehead atoms. The van der Waals surface area contributed by atoms with Crippen molar-refractivity contribution in [3.8, 4) is 0 Å². The van der Waals surface area contributed by atoms with Crippen LogP contribution in [-0.2, 0) is 6.42 Å². The van der Waals surface area contributed by atoms with Gasteiger partial charge in [-0.05, 0) is 43.2 Å². The van der Waals surface area contributed by atoms with Crippen molar-refractivity contribution in [2.75, 3.05) is 0 Å². The van der Waals surface area contributed by atoms with Crippen LogP contribution in [0.2, 0.25) is 5.02 Å². The highest BCUT2D eigenvalue weighted by Crippen LogP contribution is 2.18. The van der Waals surface area contributed by atoms with Gasteiger partial charge in [0.1, 0.15) is 5.71 Å². The van der Waals surface area contributed by atoms with E-state index < -0.39 is 0 Å². The third-order valence-corrected chi connectivity index (χ3v) is 2.72. The summed E-state index contributed by atoms with van der Waals surface area (Å²) in [5.74, 6) is -0.110. The standard InChI is InChI=1S/C15H16ClNO/c1-4-7-14(17-6-3)15(18)13-9-8-12(16)10-11(13)5-2/h4,6-10H,3,5H2,1-2H3/b7-4-,17-14?. The minimum absolute atomic E-state index is 0.110. The summed E-state index contributed by atoms with van der Waals surface area (Å²) in [6.45, 7) is 7.35. The molecule has 1 rings (SSSR count). The predicted molar refractivity (Wildman–Crippen MR) is 77.6 cm³/mol. The van der Waals surface area contributed by atoms with Gasteiger partial charge in [-0.1, -0.05) is 31.2 Å². The average molecular weight is 262 g/mol. The fourth-order valence-corrected chi connectivity index (χ4v) is 1.84. The van der Waals surface area contributed by atoms with Gasteiger partial charge in [0.15, 0.2) is 0 Å². The van der Waals surface area contributed by atoms with E-state index in [1.807, 2.05) is 19.9 Å². The van der Waals surface area contributed by atoms with Gasteiger partial charge in [0.05, 0.1) is 0 Å². The summed E-state index contributed by atoms with van der Waals surface area (Å²) in [7, 11) is 0. The number of ketones is 1. The molecule has 0 atom stereocenters. The van der Waals surface area contributed by atoms with Crippen LogP contribution < -0.4 is 0 Å². The number of hydrogen-bond acceptors (Lipinski definition) is 2. The Morgan fingerprint density at radius 3 is 2.78 bits per heavy atom. The number of halogens is 1. The zero-order valence-corrected chi connectivity index (χ0v) is 11.4. The molecule has 3 heteroatoms. The Bertz CT molecular complexity index is 515. The maximum Gasteiger partial charge on any atom is 0.211 e. The Balaban J connectivity index is 3.24. The molecule has 0 aliphatic heterocycles. The van der Waals surface area contributed by atoms with Crippen molar-refractivity contribution in [2.24, 2.45) is 4.99 Å². The van der Waals surface area contributed by atoms with E-state index in [0.717, 1.165) is 12.0 Å². The van der Waals surface area contributed by atoms with Crippen LogP contribution in [0.5, 0.6) is 0 Å². The van der Waals surface area contributed by atoms with Crippen LogP contribution >= 0.6 is 11.6 Å². The summed E-state index contributed by atoms with van der Waals surface area (Å²) in [5.41, 5.74) is 1.94. The van der Waals surface area contributed by atoms with Crippen molar-refractivity contribution < 1.29 is 4.79 Å². The largest absolute Gasteiger partial charge is 0.287 e. The Labute approximate surface area is 113 Å². The molecule has 0 aromatic heterocycles. The maximum absolute atomic E-state index is 12.3. The highest BCUT2D eigenvalue weighted by Gasteiger charge is 2.14. The third-order valence-electron chi connectivity index (χ3n) is 2.48. The first-order valence-corrected chi connectivity index (χ1v) is 6.16. The Kier molecular flexibility index (Phi) is 5.53. The van der Waals surface area contributed by atoms with Gasteiger partial charge in [-0.25, -0.2) is 0 Å². The number of Topliss-reactive ketones (excluding diaryl/α,β-unsaturated/α-hetero) is 1. The van der Waals surface area contributed by atoms with Gasteiger partial charge >= 0.3 is 0 Å². The van der Waals surface area contributed by atoms with Crippen molar-refractivity contribution in [2.45, 2.75) is 20.3 Å². The number of rotatable bonds is 5. The molecule has 1 aromatic carbocycles. The molecule has 0 spiro atoms. The molecule has 18 heavy (non-hydrogen) atoms. The number of hydrogen-bond donors (Lipinski definition) is 0. The number of aryl methyl sites for hydroxylation is 1. The van der Waals surface area contributed by atoms with E-state index in [4.69, 9.17) is 11.6 Å². The van der Waals surface area contributed by atoms with Crippen LogP contribution in [0.1, 0.15) is 29.8 Å². The number of carbonyl (C=O) groups is 1. The molecule has 0 saturated carbocycles. The highest BCUT2D eigenvalue weighted by molar-refractivity contribution is 6.50. The fourth-order valence-electron chi connectivity index (χ4n) is 1.65. The smallest absolute Gasteiger partial charge is 0.211 e. The minimum atomic E-state index is -0.110. The second-order valence-corrected chi connectivity index (χ2v) is 4.12. The van der Waals surface area contributed by atoms with Crippen LogP contribution in [-0.4, -0.2) is 11.5 Å². The first kappa shape index (κ1) is 14.4. The van der Waals surface area contributed by atoms with Crippen molar-refractivity contribution in [3.63, 3.8) is 0 Å². The molecule has 0 aliphatic carbocycles. The second kappa shape index (κ2) is 6.92. The molecule has 0 amide bonds. The van der Waals surface area contributed by atoms with Crippen LogP contribution in [0.15, 0.2) is 48.1 Å². The van der Waals surface area contributed by atoms with Gasteiger partial charge in [0.25, 0.3) is 0 Å². The number of aliphatic imine (C=N–C) groups is 1. The summed E-state index contributed by atoms with van der Waals surface area (Å²) in [6.07, 6.45) is 5.58. The number of benzene rings is 1. The normalized spacial score (nSPS) is 11.8. The Hall–Kier alpha value is -1.67. The highest BCUT2D eigenvalue weighted by atomic mass is 35.5. The van der Waals surface area contributed by atoms with Crippen molar-refractivity contribution in [1.82, 2.24) is 0 Å². The Morgan fingerprint density at radius 1 is 1.50 bits per heavy atom. The summed E-state index contributed by atoms with van der Waals surface area (Å²) in [5, 5.41) is 0.636. The maximum atomic E-state index is 12.3. The van der Waals surface area contributed by atoms with Crippen LogP contribution in [0, 0.1) is 0 Å². The second-order valence-electron chi connectivity index (χ2n) is 3.68. The SMILES string of the molecule is C=CN=C(/C=C\C)C(=O)c1ccc(Cl)cc1CC. The van der Waals surface area contributed by atoms with Gasteiger partial charge in [0, 0.05) is 16.8 Å². The van der Waals surface area contributed by atoms with Gasteiger partial charge in [0.2, 0.25) is 5.78 Å². The van der Waals surface area contributed by atoms with E-state index in [9.17, 15) is 4.79 Å². The fraction of sp³-hybridized carbons (Fsp3) is 0.200. The molecular formula is C15H16ClNO. The summed E-state index contributed by atoms with van der Waals surface area (Å²) >= 11 is 5.93. The molecule has 0 aliphatic rings. The summed E-state index contributed by atoms with van der Waals surface area (Å²) in [4.78, 5) is 16.3. The lowest BCUT2D eigenvalue weighted by molar-refractivity contribution is 0.106. The molecule has 0 saturated heterocycles. The van der Waals surface area contributed by atoms with Crippen molar-refractivity contribution in [3.05, 3.63) is 59.3 Å². The number of carbonyl (C=O) groups excluding carboxylic acids is 1. The first-order chi connectivity index (χ1) is 8.63. The van der Waals surface area contributed by atoms with Crippen LogP contribution in [0.3, 0.4) is 0 Å². The third kappa shape index (κ3) is 3.41. The molecule has 1 aromatic rings. The monoisotopic (exact) mass is 261 g/mol. The van der Waals surface area contributed by atoms with E-state index in [1.54, 1.807) is 24.3 Å². The molecule has 94 valence electrons. The van der Waals surface area contributed by atoms with E-state index in [1.165, 1.54) is 6.20 Å². The molecule has 0 heterocycles. The van der Waals surface area contributed by atoms with Gasteiger partial charge in [-0.15, -0.1) is 0 Å². The lowest BCUT2D eigenvalue weighted by Crippen LogP contribution is -2.13. The zero-order chi connectivity index (χ0) is 13.5. The zero-order valence-electron chi connectivity index (χ0n) is 10.6. The van der Waals surface area contributed by atoms with Crippen molar-refractivity contribution >= 4 is 23.1 Å². The minimum Gasteiger partial charge on any atom is -0.287 e. The van der Waals surface area contributed by atoms with E-state index in [-0.39, 0.29) is 5.78 Å². The molecular weight excluding hydrogens is 246 g/mol. The van der Waals surface area contributed by atoms with Gasteiger partial charge in [-0.2, -0.15) is 0 Å². The van der Waals surface area contributed by atoms with E-state index >= 15 is 0 Å². The van der Waals surface area contributed by atoms with Crippen molar-refractivity contribution in [1.29, 1.82) is 0 Å². The Morgan fingerprint density at radius 2 is 2.22 bits per heavy atom. The summed E-state index contributed by atoms with van der Waals surface area (Å²) in [6, 6.07) is 5.27. The number of nitrogens with zero attached hydrogens (tertiary/aromatic N) is 1. The van der Waals surface area contributed by atoms with E-state index in [2.05, 4.69) is 11.6 Å². The molecule has 0 fully saturated rings. The van der Waals surface area contributed by atoms with Gasteiger partial charge in [-0.3, -0.25) is 9.79 Å². The van der Waals surface area contributed by atoms with Crippen LogP contribution in [0.4, 0.5) is 0 Å². The summed E-state index contributed by atoms with van der Waals surface area (Å²) < 4.78 is 0. The van der Waals surface area contributed by atoms with Gasteiger partial charge < -0.3 is 0 Å². The molecule has 0 unspecified atom stereocenters. The molecule has 0 radical (unpaired) electrons. The lowest BCUT2D eigenvalue weighted by atomic mass is 9.98. The first-order valence-electron chi connectivity index (χ1n) is 5.78. The number of allylic oxidation sites excluding steroid dienone is 2. The van der Waals surface area contributed by atoms with E-state index in [0.29, 0.717) is 16.3 Å². The van der Waals surface area contributed by atoms with Crippen LogP contribution in [0.25, 0.3) is 0 Å². The molecule has 0 N–H and O–H groups in total. The predicted octanol–water partition coefficient (Wildman–Crippen LogP) is 4.25. The average Bonchev–Trinajstić information content (AvgIpc) is 2.37. The lowest BCUT2D eigenvalue weighted by Gasteiger charge is -2.07. The topological polar surface area (TPSA) is 29.4 Å².